The van der Waals surface area contributed by atoms with Gasteiger partial charge in [-0.15, -0.1) is 0 Å². The van der Waals surface area contributed by atoms with Crippen molar-refractivity contribution in [2.45, 2.75) is 31.5 Å². The summed E-state index contributed by atoms with van der Waals surface area (Å²) in [4.78, 5) is 25.2. The fourth-order valence-corrected chi connectivity index (χ4v) is 4.29. The lowest BCUT2D eigenvalue weighted by Gasteiger charge is -2.37. The third-order valence-electron chi connectivity index (χ3n) is 5.77. The second-order valence-electron chi connectivity index (χ2n) is 7.39. The fraction of sp³-hybridized carbons (Fsp3) is 0.364. The Morgan fingerprint density at radius 3 is 2.55 bits per heavy atom. The lowest BCUT2D eigenvalue weighted by molar-refractivity contribution is -0.122. The Balaban J connectivity index is 1.58. The number of fused-ring (bicyclic) bond motifs is 6. The summed E-state index contributed by atoms with van der Waals surface area (Å²) < 4.78 is 28.6. The van der Waals surface area contributed by atoms with E-state index in [2.05, 4.69) is 0 Å². The maximum atomic E-state index is 13.5. The van der Waals surface area contributed by atoms with Crippen molar-refractivity contribution in [2.75, 3.05) is 20.8 Å². The predicted octanol–water partition coefficient (Wildman–Crippen LogP) is 2.72. The summed E-state index contributed by atoms with van der Waals surface area (Å²) in [5.74, 6) is 2.16. The summed E-state index contributed by atoms with van der Waals surface area (Å²) in [5.41, 5.74) is 1.99. The minimum absolute atomic E-state index is 0.0397. The third-order valence-corrected chi connectivity index (χ3v) is 5.77. The SMILES string of the molecule is COc1cc2c(cc1OC)[C@@H]1C(=O)c3ccc4c(c3O[C@@H]1CO2)C[C@H](C(C)=O)O4. The molecule has 0 aromatic heterocycles. The van der Waals surface area contributed by atoms with E-state index in [1.807, 2.05) is 0 Å². The first-order valence-electron chi connectivity index (χ1n) is 9.44. The third kappa shape index (κ3) is 2.57. The highest BCUT2D eigenvalue weighted by atomic mass is 16.5. The van der Waals surface area contributed by atoms with Crippen LogP contribution in [0.1, 0.15) is 34.3 Å². The molecular formula is C22H20O7. The van der Waals surface area contributed by atoms with Crippen LogP contribution >= 0.6 is 0 Å². The van der Waals surface area contributed by atoms with Gasteiger partial charge in [0.1, 0.15) is 30.0 Å². The van der Waals surface area contributed by atoms with Gasteiger partial charge >= 0.3 is 0 Å². The number of carbonyl (C=O) groups is 2. The average Bonchev–Trinajstić information content (AvgIpc) is 3.17. The van der Waals surface area contributed by atoms with Crippen molar-refractivity contribution in [3.63, 3.8) is 0 Å². The first-order chi connectivity index (χ1) is 14.0. The molecule has 0 aliphatic carbocycles. The number of hydrogen-bond acceptors (Lipinski definition) is 7. The van der Waals surface area contributed by atoms with Crippen molar-refractivity contribution in [1.29, 1.82) is 0 Å². The van der Waals surface area contributed by atoms with E-state index in [0.29, 0.717) is 46.3 Å². The summed E-state index contributed by atoms with van der Waals surface area (Å²) in [6.07, 6.45) is -0.600. The Kier molecular flexibility index (Phi) is 3.94. The quantitative estimate of drug-likeness (QED) is 0.789. The van der Waals surface area contributed by atoms with Gasteiger partial charge in [0.05, 0.1) is 25.7 Å². The summed E-state index contributed by atoms with van der Waals surface area (Å²) in [7, 11) is 3.10. The van der Waals surface area contributed by atoms with Crippen LogP contribution in [0.15, 0.2) is 24.3 Å². The van der Waals surface area contributed by atoms with Crippen LogP contribution in [0.4, 0.5) is 0 Å². The van der Waals surface area contributed by atoms with E-state index in [-0.39, 0.29) is 18.2 Å². The van der Waals surface area contributed by atoms with Gasteiger partial charge in [0.25, 0.3) is 0 Å². The fourth-order valence-electron chi connectivity index (χ4n) is 4.29. The molecule has 7 heteroatoms. The first-order valence-corrected chi connectivity index (χ1v) is 9.44. The second kappa shape index (κ2) is 6.40. The van der Waals surface area contributed by atoms with E-state index in [0.717, 1.165) is 5.56 Å². The lowest BCUT2D eigenvalue weighted by atomic mass is 9.81. The first kappa shape index (κ1) is 17.8. The molecule has 3 heterocycles. The molecule has 0 radical (unpaired) electrons. The molecule has 3 aliphatic rings. The highest BCUT2D eigenvalue weighted by Crippen LogP contribution is 2.49. The van der Waals surface area contributed by atoms with Crippen LogP contribution < -0.4 is 23.7 Å². The Morgan fingerprint density at radius 1 is 1.07 bits per heavy atom. The van der Waals surface area contributed by atoms with Gasteiger partial charge in [-0.2, -0.15) is 0 Å². The highest BCUT2D eigenvalue weighted by molar-refractivity contribution is 6.06. The molecule has 29 heavy (non-hydrogen) atoms. The summed E-state index contributed by atoms with van der Waals surface area (Å²) in [6, 6.07) is 6.97. The van der Waals surface area contributed by atoms with Gasteiger partial charge in [-0.1, -0.05) is 0 Å². The molecule has 3 aliphatic heterocycles. The van der Waals surface area contributed by atoms with Crippen molar-refractivity contribution in [1.82, 2.24) is 0 Å². The zero-order valence-electron chi connectivity index (χ0n) is 16.3. The van der Waals surface area contributed by atoms with Crippen molar-refractivity contribution in [3.05, 3.63) is 41.0 Å². The lowest BCUT2D eigenvalue weighted by Crippen LogP contribution is -2.43. The molecule has 0 fully saturated rings. The normalized spacial score (nSPS) is 23.4. The molecule has 7 nitrogen and oxygen atoms in total. The average molecular weight is 396 g/mol. The van der Waals surface area contributed by atoms with Gasteiger partial charge < -0.3 is 23.7 Å². The molecule has 2 aromatic carbocycles. The van der Waals surface area contributed by atoms with Crippen LogP contribution in [0.25, 0.3) is 0 Å². The number of Topliss-reactive ketones (excluding diaryl/α,β-unsaturated/α-hetero) is 2. The number of benzene rings is 2. The van der Waals surface area contributed by atoms with Crippen LogP contribution in [0.2, 0.25) is 0 Å². The molecule has 150 valence electrons. The number of rotatable bonds is 3. The van der Waals surface area contributed by atoms with Crippen molar-refractivity contribution < 1.29 is 33.3 Å². The Hall–Kier alpha value is -3.22. The summed E-state index contributed by atoms with van der Waals surface area (Å²) >= 11 is 0. The minimum Gasteiger partial charge on any atom is -0.493 e. The van der Waals surface area contributed by atoms with Gasteiger partial charge in [0, 0.05) is 23.6 Å². The molecule has 0 N–H and O–H groups in total. The van der Waals surface area contributed by atoms with E-state index >= 15 is 0 Å². The number of ketones is 2. The van der Waals surface area contributed by atoms with Gasteiger partial charge in [0.15, 0.2) is 29.2 Å². The molecule has 0 amide bonds. The number of methoxy groups -OCH3 is 2. The van der Waals surface area contributed by atoms with Crippen molar-refractivity contribution in [3.8, 4) is 28.7 Å². The molecule has 0 saturated carbocycles. The Bertz CT molecular complexity index is 1040. The standard InChI is InChI=1S/C22H20O7/c1-10(23)15-7-13-14(28-15)5-4-11-21(24)20-12-6-17(25-2)18(26-3)8-16(12)27-9-19(20)29-22(11)13/h4-6,8,15,19-20H,7,9H2,1-3H3/t15-,19-,20+/m1/s1. The van der Waals surface area contributed by atoms with E-state index in [1.165, 1.54) is 6.92 Å². The monoisotopic (exact) mass is 396 g/mol. The van der Waals surface area contributed by atoms with Gasteiger partial charge in [-0.25, -0.2) is 0 Å². The van der Waals surface area contributed by atoms with Gasteiger partial charge in [-0.3, -0.25) is 9.59 Å². The van der Waals surface area contributed by atoms with Crippen LogP contribution in [0, 0.1) is 0 Å². The number of ether oxygens (including phenoxy) is 5. The summed E-state index contributed by atoms with van der Waals surface area (Å²) in [6.45, 7) is 1.73. The Morgan fingerprint density at radius 2 is 1.83 bits per heavy atom. The van der Waals surface area contributed by atoms with Crippen LogP contribution in [0.5, 0.6) is 28.7 Å². The highest BCUT2D eigenvalue weighted by Gasteiger charge is 2.45. The maximum absolute atomic E-state index is 13.5. The van der Waals surface area contributed by atoms with E-state index in [4.69, 9.17) is 23.7 Å². The summed E-state index contributed by atoms with van der Waals surface area (Å²) in [5, 5.41) is 0. The molecule has 2 aromatic rings. The number of carbonyl (C=O) groups excluding carboxylic acids is 2. The molecule has 0 unspecified atom stereocenters. The molecule has 0 bridgehead atoms. The molecule has 5 rings (SSSR count). The molecule has 0 spiro atoms. The molecular weight excluding hydrogens is 376 g/mol. The largest absolute Gasteiger partial charge is 0.493 e. The predicted molar refractivity (Wildman–Crippen MR) is 102 cm³/mol. The van der Waals surface area contributed by atoms with E-state index in [1.54, 1.807) is 38.5 Å². The number of hydrogen-bond donors (Lipinski definition) is 0. The van der Waals surface area contributed by atoms with Gasteiger partial charge in [-0.05, 0) is 25.1 Å². The van der Waals surface area contributed by atoms with Crippen LogP contribution in [0.3, 0.4) is 0 Å². The zero-order valence-corrected chi connectivity index (χ0v) is 16.3. The van der Waals surface area contributed by atoms with Crippen molar-refractivity contribution >= 4 is 11.6 Å². The second-order valence-corrected chi connectivity index (χ2v) is 7.39. The topological polar surface area (TPSA) is 80.3 Å². The van der Waals surface area contributed by atoms with Crippen LogP contribution in [-0.2, 0) is 11.2 Å². The molecule has 0 saturated heterocycles. The minimum atomic E-state index is -0.534. The van der Waals surface area contributed by atoms with E-state index in [9.17, 15) is 9.59 Å². The van der Waals surface area contributed by atoms with Crippen molar-refractivity contribution in [2.24, 2.45) is 0 Å². The zero-order chi connectivity index (χ0) is 20.3. The van der Waals surface area contributed by atoms with E-state index < -0.39 is 18.1 Å². The smallest absolute Gasteiger partial charge is 0.178 e. The van der Waals surface area contributed by atoms with Gasteiger partial charge in [0.2, 0.25) is 0 Å². The maximum Gasteiger partial charge on any atom is 0.178 e. The van der Waals surface area contributed by atoms with Crippen LogP contribution in [-0.4, -0.2) is 44.6 Å². The molecule has 3 atom stereocenters. The Labute approximate surface area is 167 Å².